The predicted octanol–water partition coefficient (Wildman–Crippen LogP) is 2.85. The summed E-state index contributed by atoms with van der Waals surface area (Å²) in [5.74, 6) is 0.0683. The van der Waals surface area contributed by atoms with Crippen LogP contribution in [0.3, 0.4) is 0 Å². The average molecular weight is 238 g/mol. The second-order valence-corrected chi connectivity index (χ2v) is 3.93. The zero-order valence-corrected chi connectivity index (χ0v) is 9.80. The highest BCUT2D eigenvalue weighted by molar-refractivity contribution is 5.95. The molecule has 3 nitrogen and oxygen atoms in total. The Morgan fingerprint density at radius 3 is 2.39 bits per heavy atom. The van der Waals surface area contributed by atoms with Gasteiger partial charge in [0.25, 0.3) is 0 Å². The second kappa shape index (κ2) is 5.19. The molecule has 90 valence electrons. The molecule has 0 radical (unpaired) electrons. The molecule has 0 aromatic heterocycles. The zero-order valence-electron chi connectivity index (χ0n) is 9.80. The van der Waals surface area contributed by atoms with Crippen molar-refractivity contribution in [1.29, 1.82) is 5.41 Å². The number of rotatable bonds is 3. The van der Waals surface area contributed by atoms with E-state index in [1.165, 1.54) is 6.07 Å². The van der Waals surface area contributed by atoms with Crippen LogP contribution in [0.4, 0.5) is 0 Å². The summed E-state index contributed by atoms with van der Waals surface area (Å²) in [7, 11) is 0. The SMILES string of the molecule is N=C(N)c1ccc(/C=C/c2ccccc2)c(O)c1. The highest BCUT2D eigenvalue weighted by Gasteiger charge is 2.01. The molecule has 2 aromatic rings. The highest BCUT2D eigenvalue weighted by atomic mass is 16.3. The fourth-order valence-electron chi connectivity index (χ4n) is 1.60. The minimum Gasteiger partial charge on any atom is -0.507 e. The summed E-state index contributed by atoms with van der Waals surface area (Å²) in [6.07, 6.45) is 3.75. The summed E-state index contributed by atoms with van der Waals surface area (Å²) in [5.41, 5.74) is 7.63. The molecule has 4 N–H and O–H groups in total. The van der Waals surface area contributed by atoms with Crippen LogP contribution in [0.5, 0.6) is 5.75 Å². The molecular weight excluding hydrogens is 224 g/mol. The van der Waals surface area contributed by atoms with Gasteiger partial charge in [-0.3, -0.25) is 5.41 Å². The maximum atomic E-state index is 9.81. The summed E-state index contributed by atoms with van der Waals surface area (Å²) in [5, 5.41) is 17.1. The Balaban J connectivity index is 2.25. The Bertz CT molecular complexity index is 589. The van der Waals surface area contributed by atoms with Gasteiger partial charge in [0.05, 0.1) is 0 Å². The van der Waals surface area contributed by atoms with Gasteiger partial charge < -0.3 is 10.8 Å². The molecule has 0 aliphatic heterocycles. The molecule has 0 amide bonds. The smallest absolute Gasteiger partial charge is 0.123 e. The maximum Gasteiger partial charge on any atom is 0.123 e. The maximum absolute atomic E-state index is 9.81. The molecule has 0 atom stereocenters. The molecule has 0 saturated heterocycles. The molecule has 0 heterocycles. The first-order valence-corrected chi connectivity index (χ1v) is 5.57. The Hall–Kier alpha value is -2.55. The van der Waals surface area contributed by atoms with Gasteiger partial charge in [-0.1, -0.05) is 54.6 Å². The quantitative estimate of drug-likeness (QED) is 0.437. The lowest BCUT2D eigenvalue weighted by Gasteiger charge is -2.02. The van der Waals surface area contributed by atoms with Crippen LogP contribution in [0, 0.1) is 5.41 Å². The van der Waals surface area contributed by atoms with Gasteiger partial charge in [0.1, 0.15) is 11.6 Å². The molecule has 2 aromatic carbocycles. The molecular formula is C15H14N2O. The summed E-state index contributed by atoms with van der Waals surface area (Å²) in [6, 6.07) is 14.8. The second-order valence-electron chi connectivity index (χ2n) is 3.93. The van der Waals surface area contributed by atoms with E-state index >= 15 is 0 Å². The lowest BCUT2D eigenvalue weighted by atomic mass is 10.1. The molecule has 0 unspecified atom stereocenters. The molecule has 18 heavy (non-hydrogen) atoms. The van der Waals surface area contributed by atoms with Gasteiger partial charge in [0.15, 0.2) is 0 Å². The van der Waals surface area contributed by atoms with Crippen LogP contribution in [0.1, 0.15) is 16.7 Å². The largest absolute Gasteiger partial charge is 0.507 e. The third kappa shape index (κ3) is 2.77. The van der Waals surface area contributed by atoms with Crippen LogP contribution < -0.4 is 5.73 Å². The van der Waals surface area contributed by atoms with Crippen molar-refractivity contribution in [2.45, 2.75) is 0 Å². The number of hydrogen-bond acceptors (Lipinski definition) is 2. The molecule has 2 rings (SSSR count). The third-order valence-electron chi connectivity index (χ3n) is 2.60. The number of phenolic OH excluding ortho intramolecular Hbond substituents is 1. The van der Waals surface area contributed by atoms with Crippen LogP contribution >= 0.6 is 0 Å². The Kier molecular flexibility index (Phi) is 3.44. The normalized spacial score (nSPS) is 10.7. The number of amidine groups is 1. The Morgan fingerprint density at radius 1 is 1.06 bits per heavy atom. The molecule has 0 bridgehead atoms. The first-order valence-electron chi connectivity index (χ1n) is 5.57. The van der Waals surface area contributed by atoms with Crippen LogP contribution in [0.25, 0.3) is 12.2 Å². The van der Waals surface area contributed by atoms with E-state index < -0.39 is 0 Å². The first kappa shape index (κ1) is 11.9. The number of nitrogen functional groups attached to an aromatic ring is 1. The van der Waals surface area contributed by atoms with Crippen molar-refractivity contribution in [1.82, 2.24) is 0 Å². The number of benzene rings is 2. The monoisotopic (exact) mass is 238 g/mol. The van der Waals surface area contributed by atoms with Crippen molar-refractivity contribution in [2.75, 3.05) is 0 Å². The van der Waals surface area contributed by atoms with Gasteiger partial charge in [0.2, 0.25) is 0 Å². The van der Waals surface area contributed by atoms with Gasteiger partial charge in [-0.05, 0) is 11.6 Å². The third-order valence-corrected chi connectivity index (χ3v) is 2.60. The zero-order chi connectivity index (χ0) is 13.0. The van der Waals surface area contributed by atoms with E-state index in [2.05, 4.69) is 0 Å². The minimum atomic E-state index is -0.0520. The molecule has 3 heteroatoms. The van der Waals surface area contributed by atoms with Crippen molar-refractivity contribution < 1.29 is 5.11 Å². The molecule has 0 aliphatic carbocycles. The van der Waals surface area contributed by atoms with Gasteiger partial charge >= 0.3 is 0 Å². The van der Waals surface area contributed by atoms with Crippen molar-refractivity contribution in [3.8, 4) is 5.75 Å². The van der Waals surface area contributed by atoms with Crippen molar-refractivity contribution in [3.63, 3.8) is 0 Å². The molecule has 0 aliphatic rings. The molecule has 0 spiro atoms. The van der Waals surface area contributed by atoms with E-state index in [4.69, 9.17) is 11.1 Å². The lowest BCUT2D eigenvalue weighted by Crippen LogP contribution is -2.10. The average Bonchev–Trinajstić information content (AvgIpc) is 2.38. The van der Waals surface area contributed by atoms with Gasteiger partial charge in [-0.2, -0.15) is 0 Å². The topological polar surface area (TPSA) is 70.1 Å². The van der Waals surface area contributed by atoms with Gasteiger partial charge in [-0.25, -0.2) is 0 Å². The number of phenols is 1. The first-order chi connectivity index (χ1) is 8.66. The van der Waals surface area contributed by atoms with Crippen molar-refractivity contribution in [3.05, 3.63) is 65.2 Å². The van der Waals surface area contributed by atoms with E-state index in [1.807, 2.05) is 42.5 Å². The number of aromatic hydroxyl groups is 1. The summed E-state index contributed by atoms with van der Waals surface area (Å²) in [6.45, 7) is 0. The Morgan fingerprint density at radius 2 is 1.78 bits per heavy atom. The highest BCUT2D eigenvalue weighted by Crippen LogP contribution is 2.21. The van der Waals surface area contributed by atoms with E-state index in [0.717, 1.165) is 5.56 Å². The fraction of sp³-hybridized carbons (Fsp3) is 0. The van der Waals surface area contributed by atoms with Gasteiger partial charge in [0, 0.05) is 11.1 Å². The van der Waals surface area contributed by atoms with Crippen LogP contribution in [0.2, 0.25) is 0 Å². The standard InChI is InChI=1S/C15H14N2O/c16-15(17)13-9-8-12(14(18)10-13)7-6-11-4-2-1-3-5-11/h1-10,18H,(H3,16,17)/b7-6+. The number of nitrogens with one attached hydrogen (secondary N) is 1. The van der Waals surface area contributed by atoms with E-state index in [1.54, 1.807) is 12.1 Å². The van der Waals surface area contributed by atoms with Crippen LogP contribution in [-0.4, -0.2) is 10.9 Å². The summed E-state index contributed by atoms with van der Waals surface area (Å²) < 4.78 is 0. The van der Waals surface area contributed by atoms with Crippen LogP contribution in [-0.2, 0) is 0 Å². The summed E-state index contributed by atoms with van der Waals surface area (Å²) in [4.78, 5) is 0. The Labute approximate surface area is 106 Å². The van der Waals surface area contributed by atoms with Gasteiger partial charge in [-0.15, -0.1) is 0 Å². The number of nitrogens with two attached hydrogens (primary N) is 1. The summed E-state index contributed by atoms with van der Waals surface area (Å²) >= 11 is 0. The van der Waals surface area contributed by atoms with E-state index in [0.29, 0.717) is 11.1 Å². The fourth-order valence-corrected chi connectivity index (χ4v) is 1.60. The molecule has 0 fully saturated rings. The van der Waals surface area contributed by atoms with E-state index in [9.17, 15) is 5.11 Å². The number of hydrogen-bond donors (Lipinski definition) is 3. The lowest BCUT2D eigenvalue weighted by molar-refractivity contribution is 0.474. The van der Waals surface area contributed by atoms with Crippen molar-refractivity contribution in [2.24, 2.45) is 5.73 Å². The van der Waals surface area contributed by atoms with E-state index in [-0.39, 0.29) is 11.6 Å². The van der Waals surface area contributed by atoms with Crippen LogP contribution in [0.15, 0.2) is 48.5 Å². The predicted molar refractivity (Wildman–Crippen MR) is 74.5 cm³/mol. The minimum absolute atomic E-state index is 0.0520. The molecule has 0 saturated carbocycles. The van der Waals surface area contributed by atoms with Crippen molar-refractivity contribution >= 4 is 18.0 Å².